The highest BCUT2D eigenvalue weighted by atomic mass is 79.9. The van der Waals surface area contributed by atoms with E-state index < -0.39 is 5.91 Å². The molecular formula is C45H43Br2N3O6. The van der Waals surface area contributed by atoms with Crippen LogP contribution >= 0.6 is 31.9 Å². The molecule has 1 aliphatic rings. The molecule has 1 fully saturated rings. The van der Waals surface area contributed by atoms with E-state index in [9.17, 15) is 19.2 Å². The van der Waals surface area contributed by atoms with Crippen molar-refractivity contribution < 1.29 is 28.7 Å². The van der Waals surface area contributed by atoms with Crippen molar-refractivity contribution in [2.75, 3.05) is 49.6 Å². The number of ketones is 2. The van der Waals surface area contributed by atoms with Gasteiger partial charge in [0.2, 0.25) is 0 Å². The van der Waals surface area contributed by atoms with Crippen LogP contribution in [0.1, 0.15) is 62.2 Å². The van der Waals surface area contributed by atoms with Gasteiger partial charge in [-0.25, -0.2) is 0 Å². The number of anilines is 2. The third kappa shape index (κ3) is 10.6. The molecule has 0 bridgehead atoms. The maximum atomic E-state index is 14.0. The number of aryl methyl sites for hydroxylation is 2. The maximum absolute atomic E-state index is 14.0. The average Bonchev–Trinajstić information content (AvgIpc) is 3.21. The number of likely N-dealkylation sites (tertiary alicyclic amines) is 1. The van der Waals surface area contributed by atoms with Crippen molar-refractivity contribution in [1.82, 2.24) is 4.90 Å². The number of carbonyl (C=O) groups excluding carboxylic acids is 4. The van der Waals surface area contributed by atoms with Gasteiger partial charge >= 0.3 is 0 Å². The quantitative estimate of drug-likeness (QED) is 0.105. The maximum Gasteiger partial charge on any atom is 0.265 e. The summed E-state index contributed by atoms with van der Waals surface area (Å²) in [5.74, 6) is 0.0955. The van der Waals surface area contributed by atoms with Crippen LogP contribution in [-0.2, 0) is 9.59 Å². The highest BCUT2D eigenvalue weighted by Gasteiger charge is 2.23. The van der Waals surface area contributed by atoms with Gasteiger partial charge in [0.1, 0.15) is 11.5 Å². The van der Waals surface area contributed by atoms with Crippen LogP contribution in [0.15, 0.2) is 118 Å². The van der Waals surface area contributed by atoms with Crippen molar-refractivity contribution in [2.45, 2.75) is 33.1 Å². The van der Waals surface area contributed by atoms with E-state index in [1.54, 1.807) is 77.7 Å². The van der Waals surface area contributed by atoms with Gasteiger partial charge in [0.05, 0.1) is 11.4 Å². The van der Waals surface area contributed by atoms with Crippen LogP contribution in [0.4, 0.5) is 11.4 Å². The van der Waals surface area contributed by atoms with Crippen LogP contribution < -0.4 is 19.7 Å². The van der Waals surface area contributed by atoms with Gasteiger partial charge in [-0.2, -0.15) is 0 Å². The van der Waals surface area contributed by atoms with Gasteiger partial charge in [0.25, 0.3) is 11.8 Å². The minimum Gasteiger partial charge on any atom is -0.483 e. The van der Waals surface area contributed by atoms with E-state index in [0.29, 0.717) is 58.2 Å². The van der Waals surface area contributed by atoms with E-state index in [1.165, 1.54) is 6.42 Å². The molecular weight excluding hydrogens is 838 g/mol. The molecule has 6 rings (SSSR count). The fourth-order valence-corrected chi connectivity index (χ4v) is 7.14. The molecule has 0 radical (unpaired) electrons. The summed E-state index contributed by atoms with van der Waals surface area (Å²) in [4.78, 5) is 57.4. The zero-order valence-electron chi connectivity index (χ0n) is 31.4. The number of nitrogens with one attached hydrogen (secondary N) is 1. The number of hydrogen-bond acceptors (Lipinski definition) is 7. The number of ether oxygens (including phenoxy) is 2. The minimum atomic E-state index is -0.403. The van der Waals surface area contributed by atoms with Crippen molar-refractivity contribution >= 4 is 66.6 Å². The molecule has 0 saturated carbocycles. The first kappa shape index (κ1) is 40.6. The molecule has 0 aliphatic carbocycles. The summed E-state index contributed by atoms with van der Waals surface area (Å²) in [6.45, 7) is 6.16. The zero-order chi connectivity index (χ0) is 39.6. The lowest BCUT2D eigenvalue weighted by Crippen LogP contribution is -2.42. The first-order chi connectivity index (χ1) is 27.0. The van der Waals surface area contributed by atoms with Gasteiger partial charge in [-0.1, -0.05) is 50.4 Å². The highest BCUT2D eigenvalue weighted by molar-refractivity contribution is 9.10. The Labute approximate surface area is 344 Å². The van der Waals surface area contributed by atoms with Crippen molar-refractivity contribution in [3.63, 3.8) is 0 Å². The summed E-state index contributed by atoms with van der Waals surface area (Å²) in [5.41, 5.74) is 4.66. The van der Waals surface area contributed by atoms with Crippen molar-refractivity contribution in [2.24, 2.45) is 0 Å². The van der Waals surface area contributed by atoms with E-state index in [4.69, 9.17) is 9.47 Å². The molecule has 9 nitrogen and oxygen atoms in total. The highest BCUT2D eigenvalue weighted by Crippen LogP contribution is 2.28. The predicted octanol–water partition coefficient (Wildman–Crippen LogP) is 9.21. The normalized spacial score (nSPS) is 12.8. The molecule has 5 aromatic rings. The van der Waals surface area contributed by atoms with E-state index in [0.717, 1.165) is 46.0 Å². The Kier molecular flexibility index (Phi) is 13.9. The summed E-state index contributed by atoms with van der Waals surface area (Å²) in [6.07, 6.45) is 3.44. The van der Waals surface area contributed by atoms with E-state index in [-0.39, 0.29) is 30.7 Å². The first-order valence-electron chi connectivity index (χ1n) is 18.5. The monoisotopic (exact) mass is 879 g/mol. The molecule has 0 unspecified atom stereocenters. The number of amides is 2. The van der Waals surface area contributed by atoms with E-state index in [1.807, 2.05) is 50.2 Å². The number of rotatable bonds is 15. The molecule has 1 N–H and O–H groups in total. The Morgan fingerprint density at radius 2 is 1.14 bits per heavy atom. The Morgan fingerprint density at radius 3 is 1.68 bits per heavy atom. The number of nitrogens with zero attached hydrogens (tertiary/aromatic N) is 2. The van der Waals surface area contributed by atoms with Crippen molar-refractivity contribution in [3.05, 3.63) is 152 Å². The van der Waals surface area contributed by atoms with Crippen molar-refractivity contribution in [3.8, 4) is 11.5 Å². The average molecular weight is 882 g/mol. The second-order valence-corrected chi connectivity index (χ2v) is 15.6. The number of carbonyl (C=O) groups is 4. The van der Waals surface area contributed by atoms with Gasteiger partial charge in [0.15, 0.2) is 24.8 Å². The number of benzene rings is 5. The third-order valence-corrected chi connectivity index (χ3v) is 10.7. The lowest BCUT2D eigenvalue weighted by molar-refractivity contribution is -0.121. The van der Waals surface area contributed by atoms with E-state index in [2.05, 4.69) is 42.1 Å². The summed E-state index contributed by atoms with van der Waals surface area (Å²) >= 11 is 6.80. The standard InChI is InChI=1S/C45H43Br2N3O6/c1-30-26-34(44(53)32-10-16-36(46)17-11-32)14-20-40(30)55-28-42(51)48-38-8-4-5-9-39(38)50(25-24-49-22-6-3-7-23-49)43(52)29-56-41-21-15-35(27-31(41)2)45(54)33-12-18-37(47)19-13-33/h4-5,8-21,26-27H,3,6-7,22-25,28-29H2,1-2H3,(H,48,51). The Morgan fingerprint density at radius 1 is 0.643 bits per heavy atom. The molecule has 1 heterocycles. The van der Waals surface area contributed by atoms with E-state index >= 15 is 0 Å². The molecule has 0 spiro atoms. The fraction of sp³-hybridized carbons (Fsp3) is 0.244. The van der Waals surface area contributed by atoms with Crippen LogP contribution in [0.5, 0.6) is 11.5 Å². The van der Waals surface area contributed by atoms with Crippen LogP contribution in [0.3, 0.4) is 0 Å². The van der Waals surface area contributed by atoms with Gasteiger partial charge in [0, 0.05) is 44.3 Å². The van der Waals surface area contributed by atoms with Crippen LogP contribution in [0.2, 0.25) is 0 Å². The second kappa shape index (κ2) is 19.2. The molecule has 2 amide bonds. The van der Waals surface area contributed by atoms with Crippen molar-refractivity contribution in [1.29, 1.82) is 0 Å². The summed E-state index contributed by atoms with van der Waals surface area (Å²) in [6, 6.07) is 31.9. The largest absolute Gasteiger partial charge is 0.483 e. The Bertz CT molecular complexity index is 2200. The predicted molar refractivity (Wildman–Crippen MR) is 226 cm³/mol. The second-order valence-electron chi connectivity index (χ2n) is 13.7. The summed E-state index contributed by atoms with van der Waals surface area (Å²) in [7, 11) is 0. The van der Waals surface area contributed by atoms with Crippen LogP contribution in [0, 0.1) is 13.8 Å². The Balaban J connectivity index is 1.12. The third-order valence-electron chi connectivity index (χ3n) is 9.66. The summed E-state index contributed by atoms with van der Waals surface area (Å²) < 4.78 is 13.7. The molecule has 5 aromatic carbocycles. The number of halogens is 2. The molecule has 56 heavy (non-hydrogen) atoms. The SMILES string of the molecule is Cc1cc(C(=O)c2ccc(Br)cc2)ccc1OCC(=O)Nc1ccccc1N(CCN1CCCCC1)C(=O)COc1ccc(C(=O)c2ccc(Br)cc2)cc1C. The smallest absolute Gasteiger partial charge is 0.265 e. The minimum absolute atomic E-state index is 0.103. The number of piperidine rings is 1. The van der Waals surface area contributed by atoms with Gasteiger partial charge < -0.3 is 24.6 Å². The number of hydrogen-bond donors (Lipinski definition) is 1. The van der Waals surface area contributed by atoms with Crippen LogP contribution in [0.25, 0.3) is 0 Å². The van der Waals surface area contributed by atoms with Gasteiger partial charge in [-0.15, -0.1) is 0 Å². The molecule has 288 valence electrons. The lowest BCUT2D eigenvalue weighted by atomic mass is 10.0. The number of para-hydroxylation sites is 2. The Hall–Kier alpha value is -5.10. The first-order valence-corrected chi connectivity index (χ1v) is 20.1. The van der Waals surface area contributed by atoms with Crippen LogP contribution in [-0.4, -0.2) is 67.7 Å². The molecule has 0 atom stereocenters. The fourth-order valence-electron chi connectivity index (χ4n) is 6.61. The lowest BCUT2D eigenvalue weighted by Gasteiger charge is -2.31. The zero-order valence-corrected chi connectivity index (χ0v) is 34.5. The van der Waals surface area contributed by atoms with Gasteiger partial charge in [-0.3, -0.25) is 19.2 Å². The summed E-state index contributed by atoms with van der Waals surface area (Å²) in [5, 5.41) is 2.94. The topological polar surface area (TPSA) is 105 Å². The molecule has 1 aliphatic heterocycles. The molecule has 0 aromatic heterocycles. The van der Waals surface area contributed by atoms with Gasteiger partial charge in [-0.05, 0) is 148 Å². The molecule has 11 heteroatoms. The molecule has 1 saturated heterocycles.